The van der Waals surface area contributed by atoms with Crippen LogP contribution in [-0.4, -0.2) is 46.9 Å². The summed E-state index contributed by atoms with van der Waals surface area (Å²) in [7, 11) is 0. The lowest BCUT2D eigenvalue weighted by atomic mass is 10.0. The van der Waals surface area contributed by atoms with Crippen LogP contribution in [0.1, 0.15) is 41.6 Å². The number of carbonyl (C=O) groups is 3. The average molecular weight is 518 g/mol. The zero-order valence-corrected chi connectivity index (χ0v) is 20.4. The van der Waals surface area contributed by atoms with Crippen LogP contribution in [0.15, 0.2) is 47.6 Å². The summed E-state index contributed by atoms with van der Waals surface area (Å²) in [5, 5.41) is 16.6. The van der Waals surface area contributed by atoms with E-state index in [1.54, 1.807) is 42.5 Å². The van der Waals surface area contributed by atoms with Gasteiger partial charge >= 0.3 is 5.97 Å². The third-order valence-electron chi connectivity index (χ3n) is 5.98. The predicted molar refractivity (Wildman–Crippen MR) is 134 cm³/mol. The zero-order chi connectivity index (χ0) is 25.4. The second kappa shape index (κ2) is 12.4. The summed E-state index contributed by atoms with van der Waals surface area (Å²) in [4.78, 5) is 41.9. The highest BCUT2D eigenvalue weighted by atomic mass is 35.5. The van der Waals surface area contributed by atoms with Crippen LogP contribution in [0.3, 0.4) is 0 Å². The van der Waals surface area contributed by atoms with Gasteiger partial charge in [0.15, 0.2) is 0 Å². The summed E-state index contributed by atoms with van der Waals surface area (Å²) in [6.45, 7) is 0.0252. The Labute approximate surface area is 212 Å². The zero-order valence-electron chi connectivity index (χ0n) is 18.9. The van der Waals surface area contributed by atoms with E-state index in [1.807, 2.05) is 0 Å². The summed E-state index contributed by atoms with van der Waals surface area (Å²) < 4.78 is 0. The molecule has 0 heterocycles. The molecule has 0 spiro atoms. The molecule has 1 atom stereocenters. The number of benzene rings is 2. The van der Waals surface area contributed by atoms with E-state index >= 15 is 0 Å². The first-order valence-corrected chi connectivity index (χ1v) is 12.0. The Morgan fingerprint density at radius 1 is 1.11 bits per heavy atom. The summed E-state index contributed by atoms with van der Waals surface area (Å²) in [5.41, 5.74) is 9.90. The predicted octanol–water partition coefficient (Wildman–Crippen LogP) is 5.57. The van der Waals surface area contributed by atoms with Crippen molar-refractivity contribution in [3.8, 4) is 0 Å². The molecule has 2 aromatic rings. The second-order valence-corrected chi connectivity index (χ2v) is 9.09. The van der Waals surface area contributed by atoms with Crippen LogP contribution in [-0.2, 0) is 16.0 Å². The number of hydrogen-bond acceptors (Lipinski definition) is 4. The van der Waals surface area contributed by atoms with Crippen molar-refractivity contribution >= 4 is 46.7 Å². The Morgan fingerprint density at radius 2 is 1.74 bits per heavy atom. The third-order valence-corrected chi connectivity index (χ3v) is 6.61. The van der Waals surface area contributed by atoms with E-state index in [0.717, 1.165) is 25.7 Å². The molecule has 0 radical (unpaired) electrons. The highest BCUT2D eigenvalue weighted by Crippen LogP contribution is 2.28. The Hall–Kier alpha value is -3.26. The van der Waals surface area contributed by atoms with Gasteiger partial charge in [0.1, 0.15) is 6.04 Å². The van der Waals surface area contributed by atoms with Crippen LogP contribution < -0.4 is 5.32 Å². The van der Waals surface area contributed by atoms with Crippen LogP contribution in [0.5, 0.6) is 0 Å². The van der Waals surface area contributed by atoms with E-state index in [4.69, 9.17) is 28.7 Å². The fraction of sp³-hybridized carbons (Fsp3) is 0.375. The molecule has 2 N–H and O–H groups in total. The Balaban J connectivity index is 1.74. The Morgan fingerprint density at radius 3 is 2.31 bits per heavy atom. The molecule has 35 heavy (non-hydrogen) atoms. The van der Waals surface area contributed by atoms with Gasteiger partial charge in [-0.15, -0.1) is 0 Å². The van der Waals surface area contributed by atoms with Gasteiger partial charge in [-0.05, 0) is 48.2 Å². The van der Waals surface area contributed by atoms with Crippen molar-refractivity contribution in [1.82, 2.24) is 4.90 Å². The number of carbonyl (C=O) groups excluding carboxylic acids is 2. The van der Waals surface area contributed by atoms with Crippen molar-refractivity contribution in [3.05, 3.63) is 74.1 Å². The molecule has 184 valence electrons. The second-order valence-electron chi connectivity index (χ2n) is 8.27. The molecule has 0 bridgehead atoms. The fourth-order valence-electron chi connectivity index (χ4n) is 4.21. The highest BCUT2D eigenvalue weighted by Gasteiger charge is 2.34. The minimum absolute atomic E-state index is 0.00564. The number of anilines is 1. The van der Waals surface area contributed by atoms with E-state index in [0.29, 0.717) is 11.3 Å². The van der Waals surface area contributed by atoms with Gasteiger partial charge in [0.05, 0.1) is 15.6 Å². The lowest BCUT2D eigenvalue weighted by Gasteiger charge is -2.31. The molecule has 3 rings (SSSR count). The molecule has 0 saturated heterocycles. The number of amides is 2. The van der Waals surface area contributed by atoms with E-state index in [1.165, 1.54) is 4.90 Å². The largest absolute Gasteiger partial charge is 0.480 e. The summed E-state index contributed by atoms with van der Waals surface area (Å²) in [6.07, 6.45) is 3.39. The SMILES string of the molecule is [N-]=[N+]=NCCN(C(=O)C1CCCC1)[C@@H](Cc1ccc(NC(=O)c2c(Cl)cccc2Cl)cc1)C(=O)O. The quantitative estimate of drug-likeness (QED) is 0.241. The minimum Gasteiger partial charge on any atom is -0.480 e. The molecule has 0 unspecified atom stereocenters. The van der Waals surface area contributed by atoms with Crippen molar-refractivity contribution in [2.75, 3.05) is 18.4 Å². The normalized spacial score (nSPS) is 14.1. The lowest BCUT2D eigenvalue weighted by molar-refractivity contribution is -0.151. The van der Waals surface area contributed by atoms with Gasteiger partial charge < -0.3 is 15.3 Å². The Kier molecular flexibility index (Phi) is 9.37. The number of aliphatic carboxylic acids is 1. The Bertz CT molecular complexity index is 1110. The van der Waals surface area contributed by atoms with Crippen molar-refractivity contribution in [3.63, 3.8) is 0 Å². The molecule has 11 heteroatoms. The molecule has 2 aromatic carbocycles. The summed E-state index contributed by atoms with van der Waals surface area (Å²) >= 11 is 12.2. The molecular weight excluding hydrogens is 493 g/mol. The van der Waals surface area contributed by atoms with Crippen LogP contribution >= 0.6 is 23.2 Å². The molecule has 1 aliphatic rings. The van der Waals surface area contributed by atoms with E-state index < -0.39 is 17.9 Å². The number of nitrogens with one attached hydrogen (secondary N) is 1. The maximum atomic E-state index is 13.1. The van der Waals surface area contributed by atoms with Gasteiger partial charge in [-0.1, -0.05) is 59.4 Å². The van der Waals surface area contributed by atoms with Gasteiger partial charge in [-0.2, -0.15) is 0 Å². The van der Waals surface area contributed by atoms with Crippen molar-refractivity contribution in [1.29, 1.82) is 0 Å². The van der Waals surface area contributed by atoms with Gasteiger partial charge in [-0.25, -0.2) is 4.79 Å². The maximum Gasteiger partial charge on any atom is 0.326 e. The molecule has 2 amide bonds. The summed E-state index contributed by atoms with van der Waals surface area (Å²) in [5.74, 6) is -2.04. The fourth-order valence-corrected chi connectivity index (χ4v) is 4.78. The highest BCUT2D eigenvalue weighted by molar-refractivity contribution is 6.40. The average Bonchev–Trinajstić information content (AvgIpc) is 3.36. The van der Waals surface area contributed by atoms with Gasteiger partial charge in [-0.3, -0.25) is 9.59 Å². The third kappa shape index (κ3) is 6.88. The lowest BCUT2D eigenvalue weighted by Crippen LogP contribution is -2.49. The van der Waals surface area contributed by atoms with Crippen LogP contribution in [0.4, 0.5) is 5.69 Å². The van der Waals surface area contributed by atoms with Gasteiger partial charge in [0, 0.05) is 36.0 Å². The first-order chi connectivity index (χ1) is 16.8. The number of hydrogen-bond donors (Lipinski definition) is 2. The number of halogens is 2. The first kappa shape index (κ1) is 26.3. The van der Waals surface area contributed by atoms with Crippen LogP contribution in [0.2, 0.25) is 10.0 Å². The van der Waals surface area contributed by atoms with Crippen LogP contribution in [0.25, 0.3) is 10.4 Å². The topological polar surface area (TPSA) is 135 Å². The number of nitrogens with zero attached hydrogens (tertiary/aromatic N) is 4. The molecule has 1 aliphatic carbocycles. The van der Waals surface area contributed by atoms with Crippen molar-refractivity contribution < 1.29 is 19.5 Å². The number of carboxylic acids is 1. The molecular formula is C24H25Cl2N5O4. The van der Waals surface area contributed by atoms with E-state index in [-0.39, 0.29) is 46.9 Å². The standard InChI is InChI=1S/C24H25Cl2N5O4/c25-18-6-3-7-19(26)21(18)22(32)29-17-10-8-15(9-11-17)14-20(24(34)35)31(13-12-28-30-27)23(33)16-4-1-2-5-16/h3,6-11,16,20H,1-2,4-5,12-14H2,(H,29,32)(H,34,35)/t20-/m0/s1. The first-order valence-electron chi connectivity index (χ1n) is 11.2. The van der Waals surface area contributed by atoms with Gasteiger partial charge in [0.25, 0.3) is 5.91 Å². The van der Waals surface area contributed by atoms with E-state index in [9.17, 15) is 19.5 Å². The molecule has 9 nitrogen and oxygen atoms in total. The minimum atomic E-state index is -1.14. The summed E-state index contributed by atoms with van der Waals surface area (Å²) in [6, 6.07) is 10.3. The number of carboxylic acid groups (broad SMARTS) is 1. The van der Waals surface area contributed by atoms with Crippen molar-refractivity contribution in [2.45, 2.75) is 38.1 Å². The smallest absolute Gasteiger partial charge is 0.326 e. The molecule has 0 aliphatic heterocycles. The number of rotatable bonds is 10. The molecule has 1 fully saturated rings. The van der Waals surface area contributed by atoms with E-state index in [2.05, 4.69) is 15.3 Å². The molecule has 1 saturated carbocycles. The van der Waals surface area contributed by atoms with Gasteiger partial charge in [0.2, 0.25) is 5.91 Å². The monoisotopic (exact) mass is 517 g/mol. The molecule has 0 aromatic heterocycles. The van der Waals surface area contributed by atoms with Crippen molar-refractivity contribution in [2.24, 2.45) is 11.0 Å². The van der Waals surface area contributed by atoms with Crippen LogP contribution in [0, 0.1) is 5.92 Å². The number of azide groups is 1. The maximum absolute atomic E-state index is 13.1.